The maximum atomic E-state index is 14.1. The highest BCUT2D eigenvalue weighted by molar-refractivity contribution is 7.99. The number of ketones is 1. The van der Waals surface area contributed by atoms with Crippen molar-refractivity contribution < 1.29 is 17.9 Å². The minimum absolute atomic E-state index is 0.0443. The first-order valence-corrected chi connectivity index (χ1v) is 19.4. The third-order valence-corrected chi connectivity index (χ3v) is 12.2. The van der Waals surface area contributed by atoms with Gasteiger partial charge in [-0.2, -0.15) is 0 Å². The molecule has 1 aliphatic rings. The van der Waals surface area contributed by atoms with Gasteiger partial charge in [-0.3, -0.25) is 9.69 Å². The lowest BCUT2D eigenvalue weighted by Crippen LogP contribution is -2.33. The van der Waals surface area contributed by atoms with Crippen LogP contribution < -0.4 is 4.74 Å². The minimum atomic E-state index is -3.33. The second-order valence-corrected chi connectivity index (χ2v) is 15.8. The van der Waals surface area contributed by atoms with E-state index in [4.69, 9.17) is 4.74 Å². The van der Waals surface area contributed by atoms with Crippen molar-refractivity contribution in [3.8, 4) is 16.2 Å². The topological polar surface area (TPSA) is 63.7 Å². The first-order chi connectivity index (χ1) is 21.4. The van der Waals surface area contributed by atoms with Crippen LogP contribution in [0.15, 0.2) is 76.5 Å². The number of fused-ring (bicyclic) bond motifs is 1. The molecule has 0 bridgehead atoms. The molecule has 3 aromatic carbocycles. The number of likely N-dealkylation sites (tertiary alicyclic amines) is 1. The smallest absolute Gasteiger partial charge is 0.195 e. The number of thioether (sulfide) groups is 1. The number of rotatable bonds is 15. The van der Waals surface area contributed by atoms with E-state index in [1.54, 1.807) is 23.5 Å². The Morgan fingerprint density at radius 2 is 1.64 bits per heavy atom. The summed E-state index contributed by atoms with van der Waals surface area (Å²) < 4.78 is 32.7. The number of hydrogen-bond donors (Lipinski definition) is 0. The normalized spacial score (nSPS) is 14.2. The summed E-state index contributed by atoms with van der Waals surface area (Å²) in [4.78, 5) is 19.0. The fourth-order valence-electron chi connectivity index (χ4n) is 5.52. The molecule has 0 aliphatic carbocycles. The van der Waals surface area contributed by atoms with Crippen molar-refractivity contribution in [2.75, 3.05) is 37.7 Å². The molecule has 0 atom stereocenters. The van der Waals surface area contributed by atoms with Crippen molar-refractivity contribution in [2.45, 2.75) is 68.6 Å². The van der Waals surface area contributed by atoms with E-state index in [-0.39, 0.29) is 11.5 Å². The van der Waals surface area contributed by atoms with E-state index in [1.165, 1.54) is 24.2 Å². The van der Waals surface area contributed by atoms with E-state index in [0.717, 1.165) is 70.9 Å². The fourth-order valence-corrected chi connectivity index (χ4v) is 9.33. The van der Waals surface area contributed by atoms with Gasteiger partial charge < -0.3 is 4.74 Å². The molecule has 1 aliphatic heterocycles. The Balaban J connectivity index is 1.42. The predicted molar refractivity (Wildman–Crippen MR) is 186 cm³/mol. The number of ether oxygens (including phenoxy) is 1. The van der Waals surface area contributed by atoms with Crippen molar-refractivity contribution in [3.05, 3.63) is 77.9 Å². The third kappa shape index (κ3) is 8.13. The zero-order valence-electron chi connectivity index (χ0n) is 25.8. The van der Waals surface area contributed by atoms with Crippen LogP contribution >= 0.6 is 23.1 Å². The second kappa shape index (κ2) is 15.6. The van der Waals surface area contributed by atoms with E-state index in [2.05, 4.69) is 30.0 Å². The first-order valence-electron chi connectivity index (χ1n) is 15.9. The molecule has 44 heavy (non-hydrogen) atoms. The van der Waals surface area contributed by atoms with Crippen LogP contribution in [0, 0.1) is 0 Å². The number of unbranched alkanes of at least 4 members (excludes halogenated alkanes) is 2. The van der Waals surface area contributed by atoms with Crippen LogP contribution in [0.3, 0.4) is 0 Å². The van der Waals surface area contributed by atoms with Gasteiger partial charge in [-0.15, -0.1) is 23.1 Å². The average Bonchev–Trinajstić information content (AvgIpc) is 3.43. The Morgan fingerprint density at radius 1 is 0.909 bits per heavy atom. The standard InChI is InChI=1S/C36H43NO4S3/c1-3-5-24-42-30-16-19-32-33(26-30)43-36(28-12-17-31(18-13-28)44(39,40)25-6-4-2)34(32)35(38)27-10-14-29(15-11-27)41-23-22-37-20-8-7-9-21-37/h10-19,26H,3-9,20-25H2,1-2H3. The number of carbonyl (C=O) groups is 1. The van der Waals surface area contributed by atoms with Gasteiger partial charge in [0, 0.05) is 37.5 Å². The van der Waals surface area contributed by atoms with Crippen molar-refractivity contribution in [1.82, 2.24) is 4.90 Å². The van der Waals surface area contributed by atoms with Crippen LogP contribution in [0.2, 0.25) is 0 Å². The van der Waals surface area contributed by atoms with Gasteiger partial charge in [-0.1, -0.05) is 51.3 Å². The SMILES string of the molecule is CCCCSc1ccc2c(C(=O)c3ccc(OCCN4CCCCC4)cc3)c(-c3ccc(S(=O)(=O)CCCC)cc3)sc2c1. The third-order valence-electron chi connectivity index (χ3n) is 8.14. The lowest BCUT2D eigenvalue weighted by molar-refractivity contribution is 0.104. The van der Waals surface area contributed by atoms with Gasteiger partial charge >= 0.3 is 0 Å². The Kier molecular flexibility index (Phi) is 11.6. The monoisotopic (exact) mass is 649 g/mol. The molecule has 0 unspecified atom stereocenters. The average molecular weight is 650 g/mol. The molecule has 1 aromatic heterocycles. The molecule has 0 saturated carbocycles. The Hall–Kier alpha value is -2.65. The molecule has 0 N–H and O–H groups in total. The van der Waals surface area contributed by atoms with Gasteiger partial charge in [0.15, 0.2) is 15.6 Å². The van der Waals surface area contributed by atoms with Crippen LogP contribution in [0.1, 0.15) is 74.7 Å². The van der Waals surface area contributed by atoms with E-state index in [1.807, 2.05) is 55.1 Å². The number of sulfone groups is 1. The van der Waals surface area contributed by atoms with Gasteiger partial charge in [0.05, 0.1) is 10.6 Å². The molecule has 0 spiro atoms. The van der Waals surface area contributed by atoms with Crippen molar-refractivity contribution >= 4 is 48.8 Å². The van der Waals surface area contributed by atoms with Crippen LogP contribution in [-0.2, 0) is 9.84 Å². The highest BCUT2D eigenvalue weighted by Crippen LogP contribution is 2.42. The number of benzene rings is 3. The van der Waals surface area contributed by atoms with Crippen LogP contribution in [0.25, 0.3) is 20.5 Å². The van der Waals surface area contributed by atoms with E-state index < -0.39 is 9.84 Å². The molecule has 0 radical (unpaired) electrons. The quantitative estimate of drug-likeness (QED) is 0.0727. The number of piperidine rings is 1. The summed E-state index contributed by atoms with van der Waals surface area (Å²) in [5.41, 5.74) is 2.12. The minimum Gasteiger partial charge on any atom is -0.492 e. The first kappa shape index (κ1) is 32.7. The summed E-state index contributed by atoms with van der Waals surface area (Å²) >= 11 is 3.44. The van der Waals surface area contributed by atoms with Gasteiger partial charge in [-0.05, 0) is 98.6 Å². The van der Waals surface area contributed by atoms with Gasteiger partial charge in [-0.25, -0.2) is 8.42 Å². The number of hydrogen-bond acceptors (Lipinski definition) is 7. The summed E-state index contributed by atoms with van der Waals surface area (Å²) in [7, 11) is -3.33. The zero-order valence-corrected chi connectivity index (χ0v) is 28.3. The molecular formula is C36H43NO4S3. The maximum Gasteiger partial charge on any atom is 0.195 e. The molecule has 8 heteroatoms. The molecule has 5 nitrogen and oxygen atoms in total. The molecule has 1 fully saturated rings. The predicted octanol–water partition coefficient (Wildman–Crippen LogP) is 9.13. The lowest BCUT2D eigenvalue weighted by atomic mass is 9.97. The van der Waals surface area contributed by atoms with Gasteiger partial charge in [0.25, 0.3) is 0 Å². The number of carbonyl (C=O) groups excluding carboxylic acids is 1. The largest absolute Gasteiger partial charge is 0.492 e. The highest BCUT2D eigenvalue weighted by Gasteiger charge is 2.23. The molecule has 234 valence electrons. The summed E-state index contributed by atoms with van der Waals surface area (Å²) in [5, 5.41) is 0.927. The summed E-state index contributed by atoms with van der Waals surface area (Å²) in [6.07, 6.45) is 7.62. The molecule has 0 amide bonds. The van der Waals surface area contributed by atoms with Crippen molar-refractivity contribution in [1.29, 1.82) is 0 Å². The van der Waals surface area contributed by atoms with Crippen molar-refractivity contribution in [3.63, 3.8) is 0 Å². The Bertz CT molecular complexity index is 1640. The van der Waals surface area contributed by atoms with E-state index in [0.29, 0.717) is 29.1 Å². The summed E-state index contributed by atoms with van der Waals surface area (Å²) in [5.74, 6) is 1.93. The number of nitrogens with zero attached hydrogens (tertiary/aromatic N) is 1. The summed E-state index contributed by atoms with van der Waals surface area (Å²) in [6, 6.07) is 20.9. The van der Waals surface area contributed by atoms with E-state index >= 15 is 0 Å². The van der Waals surface area contributed by atoms with Crippen molar-refractivity contribution in [2.24, 2.45) is 0 Å². The molecular weight excluding hydrogens is 607 g/mol. The second-order valence-electron chi connectivity index (χ2n) is 11.5. The van der Waals surface area contributed by atoms with Crippen LogP contribution in [-0.4, -0.2) is 56.8 Å². The summed E-state index contributed by atoms with van der Waals surface area (Å²) in [6.45, 7) is 8.02. The number of thiophene rings is 1. The van der Waals surface area contributed by atoms with Crippen LogP contribution in [0.4, 0.5) is 0 Å². The Labute approximate surface area is 270 Å². The van der Waals surface area contributed by atoms with Crippen LogP contribution in [0.5, 0.6) is 5.75 Å². The molecule has 2 heterocycles. The van der Waals surface area contributed by atoms with Gasteiger partial charge in [0.2, 0.25) is 0 Å². The maximum absolute atomic E-state index is 14.1. The van der Waals surface area contributed by atoms with E-state index in [9.17, 15) is 13.2 Å². The zero-order chi connectivity index (χ0) is 30.9. The molecule has 4 aromatic rings. The highest BCUT2D eigenvalue weighted by atomic mass is 32.2. The lowest BCUT2D eigenvalue weighted by Gasteiger charge is -2.26. The molecule has 5 rings (SSSR count). The van der Waals surface area contributed by atoms with Gasteiger partial charge in [0.1, 0.15) is 12.4 Å². The molecule has 1 saturated heterocycles. The Morgan fingerprint density at radius 3 is 2.34 bits per heavy atom. The fraction of sp³-hybridized carbons (Fsp3) is 0.417.